The molecule has 0 saturated heterocycles. The van der Waals surface area contributed by atoms with Crippen molar-refractivity contribution in [3.8, 4) is 0 Å². The number of aliphatic hydroxyl groups is 1. The van der Waals surface area contributed by atoms with Crippen molar-refractivity contribution in [3.63, 3.8) is 0 Å². The van der Waals surface area contributed by atoms with Gasteiger partial charge in [0.1, 0.15) is 12.7 Å². The Morgan fingerprint density at radius 1 is 1.21 bits per heavy atom. The van der Waals surface area contributed by atoms with Crippen molar-refractivity contribution in [2.45, 2.75) is 36.9 Å². The van der Waals surface area contributed by atoms with E-state index in [1.165, 1.54) is 55.6 Å². The standard InChI is InChI=1S/C15H18F3N3O2S/c1-13(2,24(3)23)14(22,8-21-10-19-9-20-21)11-6-4-5-7-12(11)15(16,17)18/h4-7,9-10,22H,8H2,1-3H3. The van der Waals surface area contributed by atoms with Gasteiger partial charge in [0.15, 0.2) is 10.3 Å². The van der Waals surface area contributed by atoms with Crippen LogP contribution in [0.3, 0.4) is 0 Å². The van der Waals surface area contributed by atoms with Crippen LogP contribution in [-0.2, 0) is 29.5 Å². The van der Waals surface area contributed by atoms with Gasteiger partial charge in [0.2, 0.25) is 0 Å². The van der Waals surface area contributed by atoms with Gasteiger partial charge >= 0.3 is 6.18 Å². The molecule has 0 aliphatic rings. The quantitative estimate of drug-likeness (QED) is 0.830. The summed E-state index contributed by atoms with van der Waals surface area (Å²) in [6.45, 7) is 2.62. The van der Waals surface area contributed by atoms with Crippen molar-refractivity contribution in [3.05, 3.63) is 48.0 Å². The minimum absolute atomic E-state index is 0.313. The summed E-state index contributed by atoms with van der Waals surface area (Å²) in [4.78, 5) is 3.74. The predicted octanol–water partition coefficient (Wildman–Crippen LogP) is 2.34. The van der Waals surface area contributed by atoms with Gasteiger partial charge in [0.05, 0.1) is 18.4 Å². The summed E-state index contributed by atoms with van der Waals surface area (Å²) in [7, 11) is 0. The number of rotatable bonds is 5. The normalized spacial score (nSPS) is 16.7. The third-order valence-corrected chi connectivity index (χ3v) is 6.03. The fourth-order valence-corrected chi connectivity index (χ4v) is 3.13. The van der Waals surface area contributed by atoms with Crippen LogP contribution in [0.1, 0.15) is 25.0 Å². The van der Waals surface area contributed by atoms with E-state index in [2.05, 4.69) is 10.1 Å². The second-order valence-corrected chi connectivity index (χ2v) is 7.89. The minimum atomic E-state index is -4.65. The van der Waals surface area contributed by atoms with Crippen LogP contribution in [0, 0.1) is 0 Å². The molecule has 132 valence electrons. The molecule has 1 aromatic heterocycles. The molecule has 0 radical (unpaired) electrons. The van der Waals surface area contributed by atoms with E-state index >= 15 is 0 Å². The van der Waals surface area contributed by atoms with Crippen molar-refractivity contribution >= 4 is 11.2 Å². The highest BCUT2D eigenvalue weighted by atomic mass is 32.2. The molecular weight excluding hydrogens is 343 g/mol. The lowest BCUT2D eigenvalue weighted by atomic mass is 9.80. The molecule has 9 heteroatoms. The zero-order valence-electron chi connectivity index (χ0n) is 13.4. The first kappa shape index (κ1) is 18.8. The van der Waals surface area contributed by atoms with Crippen molar-refractivity contribution in [2.24, 2.45) is 0 Å². The first-order chi connectivity index (χ1) is 11.0. The molecule has 2 aromatic rings. The lowest BCUT2D eigenvalue weighted by Gasteiger charge is -2.42. The summed E-state index contributed by atoms with van der Waals surface area (Å²) in [6, 6.07) is 4.76. The molecule has 1 heterocycles. The van der Waals surface area contributed by atoms with Gasteiger partial charge in [0.25, 0.3) is 0 Å². The van der Waals surface area contributed by atoms with Gasteiger partial charge in [-0.15, -0.1) is 0 Å². The summed E-state index contributed by atoms with van der Waals surface area (Å²) >= 11 is -1.62. The van der Waals surface area contributed by atoms with Gasteiger partial charge < -0.3 is 9.66 Å². The average molecular weight is 361 g/mol. The molecule has 0 fully saturated rings. The highest BCUT2D eigenvalue weighted by Crippen LogP contribution is 2.44. The fourth-order valence-electron chi connectivity index (χ4n) is 2.48. The van der Waals surface area contributed by atoms with E-state index in [9.17, 15) is 22.8 Å². The van der Waals surface area contributed by atoms with Gasteiger partial charge in [-0.3, -0.25) is 0 Å². The number of benzene rings is 1. The molecule has 1 aromatic carbocycles. The maximum atomic E-state index is 13.4. The molecular formula is C15H18F3N3O2S. The Kier molecular flexibility index (Phi) is 4.98. The van der Waals surface area contributed by atoms with Crippen LogP contribution in [0.4, 0.5) is 13.2 Å². The van der Waals surface area contributed by atoms with E-state index < -0.39 is 33.3 Å². The summed E-state index contributed by atoms with van der Waals surface area (Å²) in [5.74, 6) is 0. The number of hydrogen-bond acceptors (Lipinski definition) is 4. The third-order valence-electron chi connectivity index (χ3n) is 4.25. The number of aromatic nitrogens is 3. The lowest BCUT2D eigenvalue weighted by molar-refractivity contribution is -0.142. The van der Waals surface area contributed by atoms with Gasteiger partial charge in [-0.05, 0) is 31.1 Å². The number of hydrogen-bond donors (Lipinski definition) is 1. The molecule has 5 nitrogen and oxygen atoms in total. The number of nitrogens with zero attached hydrogens (tertiary/aromatic N) is 3. The van der Waals surface area contributed by atoms with Crippen LogP contribution in [0.2, 0.25) is 0 Å². The predicted molar refractivity (Wildman–Crippen MR) is 83.5 cm³/mol. The van der Waals surface area contributed by atoms with E-state index in [0.717, 1.165) is 6.07 Å². The third kappa shape index (κ3) is 3.28. The van der Waals surface area contributed by atoms with Crippen LogP contribution in [0.25, 0.3) is 0 Å². The number of halogens is 3. The van der Waals surface area contributed by atoms with Crippen molar-refractivity contribution in [1.29, 1.82) is 0 Å². The molecule has 0 spiro atoms. The van der Waals surface area contributed by atoms with Crippen molar-refractivity contribution in [1.82, 2.24) is 14.8 Å². The highest BCUT2D eigenvalue weighted by molar-refractivity contribution is 7.92. The van der Waals surface area contributed by atoms with E-state index in [4.69, 9.17) is 0 Å². The topological polar surface area (TPSA) is 74.0 Å². The van der Waals surface area contributed by atoms with E-state index in [-0.39, 0.29) is 12.1 Å². The summed E-state index contributed by atoms with van der Waals surface area (Å²) in [6.07, 6.45) is -0.803. The molecule has 0 aliphatic carbocycles. The molecule has 2 atom stereocenters. The van der Waals surface area contributed by atoms with E-state index in [0.29, 0.717) is 0 Å². The first-order valence-corrected chi connectivity index (χ1v) is 8.61. The second-order valence-electron chi connectivity index (χ2n) is 5.96. The minimum Gasteiger partial charge on any atom is -0.616 e. The molecule has 0 amide bonds. The Morgan fingerprint density at radius 3 is 2.25 bits per heavy atom. The summed E-state index contributed by atoms with van der Waals surface area (Å²) < 4.78 is 52.3. The molecule has 1 N–H and O–H groups in total. The van der Waals surface area contributed by atoms with Crippen LogP contribution in [0.15, 0.2) is 36.9 Å². The molecule has 0 saturated carbocycles. The van der Waals surface area contributed by atoms with E-state index in [1.54, 1.807) is 0 Å². The Labute approximate surface area is 140 Å². The first-order valence-electron chi connectivity index (χ1n) is 7.05. The van der Waals surface area contributed by atoms with Gasteiger partial charge in [-0.1, -0.05) is 18.2 Å². The molecule has 2 unspecified atom stereocenters. The average Bonchev–Trinajstić information content (AvgIpc) is 2.98. The molecule has 2 rings (SSSR count). The van der Waals surface area contributed by atoms with Crippen LogP contribution in [0.5, 0.6) is 0 Å². The van der Waals surface area contributed by atoms with Crippen LogP contribution in [-0.4, -0.2) is 35.4 Å². The maximum absolute atomic E-state index is 13.4. The van der Waals surface area contributed by atoms with Crippen molar-refractivity contribution in [2.75, 3.05) is 6.26 Å². The zero-order chi connectivity index (χ0) is 18.2. The fraction of sp³-hybridized carbons (Fsp3) is 0.467. The number of alkyl halides is 3. The zero-order valence-corrected chi connectivity index (χ0v) is 14.2. The van der Waals surface area contributed by atoms with Crippen LogP contribution >= 0.6 is 0 Å². The Balaban J connectivity index is 2.68. The van der Waals surface area contributed by atoms with Crippen LogP contribution < -0.4 is 0 Å². The van der Waals surface area contributed by atoms with Gasteiger partial charge in [0, 0.05) is 5.56 Å². The maximum Gasteiger partial charge on any atom is 0.416 e. The summed E-state index contributed by atoms with van der Waals surface area (Å²) in [5.41, 5.74) is -3.38. The Hall–Kier alpha value is -1.58. The second kappa shape index (κ2) is 6.38. The smallest absolute Gasteiger partial charge is 0.416 e. The monoisotopic (exact) mass is 361 g/mol. The molecule has 0 aliphatic heterocycles. The Morgan fingerprint density at radius 2 is 1.79 bits per heavy atom. The molecule has 0 bridgehead atoms. The van der Waals surface area contributed by atoms with E-state index in [1.807, 2.05) is 0 Å². The summed E-state index contributed by atoms with van der Waals surface area (Å²) in [5, 5.41) is 15.2. The lowest BCUT2D eigenvalue weighted by Crippen LogP contribution is -2.55. The Bertz CT molecular complexity index is 690. The SMILES string of the molecule is C[S+]([O-])C(C)(C)C(O)(Cn1cncn1)c1ccccc1C(F)(F)F. The van der Waals surface area contributed by atoms with Gasteiger partial charge in [-0.2, -0.15) is 18.3 Å². The molecule has 24 heavy (non-hydrogen) atoms. The van der Waals surface area contributed by atoms with Crippen molar-refractivity contribution < 1.29 is 22.8 Å². The highest BCUT2D eigenvalue weighted by Gasteiger charge is 2.55. The largest absolute Gasteiger partial charge is 0.616 e. The van der Waals surface area contributed by atoms with Gasteiger partial charge in [-0.25, -0.2) is 9.67 Å².